The summed E-state index contributed by atoms with van der Waals surface area (Å²) in [7, 11) is 0. The van der Waals surface area contributed by atoms with E-state index in [4.69, 9.17) is 15.5 Å². The Balaban J connectivity index is 1.53. The Morgan fingerprint density at radius 2 is 1.87 bits per heavy atom. The fourth-order valence-electron chi connectivity index (χ4n) is 4.06. The number of benzene rings is 2. The number of ether oxygens (including phenoxy) is 1. The first-order valence-corrected chi connectivity index (χ1v) is 10.2. The largest absolute Gasteiger partial charge is 0.399 e. The molecule has 2 aromatic carbocycles. The number of nitrogens with zero attached hydrogens (tertiary/aromatic N) is 3. The van der Waals surface area contributed by atoms with Gasteiger partial charge in [0.15, 0.2) is 5.65 Å². The van der Waals surface area contributed by atoms with Gasteiger partial charge in [-0.2, -0.15) is 5.10 Å². The van der Waals surface area contributed by atoms with E-state index in [2.05, 4.69) is 22.2 Å². The maximum atomic E-state index is 12.7. The van der Waals surface area contributed by atoms with E-state index < -0.39 is 0 Å². The third-order valence-electron chi connectivity index (χ3n) is 5.65. The summed E-state index contributed by atoms with van der Waals surface area (Å²) in [6, 6.07) is 16.2. The third-order valence-corrected chi connectivity index (χ3v) is 5.65. The van der Waals surface area contributed by atoms with E-state index in [9.17, 15) is 4.79 Å². The minimum Gasteiger partial charge on any atom is -0.399 e. The molecule has 0 unspecified atom stereocenters. The molecule has 0 radical (unpaired) electrons. The number of hydrogen-bond donors (Lipinski definition) is 2. The van der Waals surface area contributed by atoms with Gasteiger partial charge in [0.2, 0.25) is 0 Å². The molecule has 3 heterocycles. The van der Waals surface area contributed by atoms with Crippen molar-refractivity contribution in [2.75, 3.05) is 18.9 Å². The second-order valence-electron chi connectivity index (χ2n) is 7.64. The summed E-state index contributed by atoms with van der Waals surface area (Å²) in [4.78, 5) is 20.4. The number of aromatic amines is 1. The molecule has 2 aromatic heterocycles. The first kappa shape index (κ1) is 18.6. The summed E-state index contributed by atoms with van der Waals surface area (Å²) < 4.78 is 7.35. The Bertz CT molecular complexity index is 1240. The number of anilines is 1. The molecule has 3 N–H and O–H groups in total. The van der Waals surface area contributed by atoms with Crippen molar-refractivity contribution in [3.8, 4) is 11.1 Å². The number of hydrogen-bond acceptors (Lipinski definition) is 5. The molecule has 5 rings (SSSR count). The molecular formula is C23H23N5O2. The van der Waals surface area contributed by atoms with Crippen LogP contribution in [0.25, 0.3) is 22.2 Å². The summed E-state index contributed by atoms with van der Waals surface area (Å²) in [6.07, 6.45) is 3.88. The number of nitrogens with two attached hydrogens (primary N) is 1. The third kappa shape index (κ3) is 3.48. The second kappa shape index (κ2) is 7.76. The number of nitrogen functional groups attached to an aromatic ring is 1. The smallest absolute Gasteiger partial charge is 0.262 e. The molecule has 0 spiro atoms. The molecule has 4 aromatic rings. The van der Waals surface area contributed by atoms with Crippen LogP contribution in [-0.2, 0) is 11.2 Å². The van der Waals surface area contributed by atoms with Gasteiger partial charge >= 0.3 is 0 Å². The molecule has 1 aliphatic heterocycles. The van der Waals surface area contributed by atoms with Crippen LogP contribution < -0.4 is 11.3 Å². The SMILES string of the molecule is Nc1ccc(-c2ccccc2Cc2nc3c(cnn3C3CCOCC3)c(=O)[nH]2)cc1. The zero-order valence-corrected chi connectivity index (χ0v) is 16.5. The average Bonchev–Trinajstić information content (AvgIpc) is 3.20. The Hall–Kier alpha value is -3.45. The quantitative estimate of drug-likeness (QED) is 0.511. The predicted molar refractivity (Wildman–Crippen MR) is 116 cm³/mol. The van der Waals surface area contributed by atoms with E-state index in [0.29, 0.717) is 36.5 Å². The van der Waals surface area contributed by atoms with Gasteiger partial charge < -0.3 is 15.5 Å². The summed E-state index contributed by atoms with van der Waals surface area (Å²) in [5, 5.41) is 4.99. The lowest BCUT2D eigenvalue weighted by Gasteiger charge is -2.22. The molecule has 0 atom stereocenters. The fraction of sp³-hybridized carbons (Fsp3) is 0.261. The van der Waals surface area contributed by atoms with Crippen LogP contribution in [0.15, 0.2) is 59.5 Å². The van der Waals surface area contributed by atoms with Gasteiger partial charge in [0.05, 0.1) is 12.2 Å². The lowest BCUT2D eigenvalue weighted by molar-refractivity contribution is 0.0673. The van der Waals surface area contributed by atoms with E-state index >= 15 is 0 Å². The minimum absolute atomic E-state index is 0.154. The van der Waals surface area contributed by atoms with E-state index in [-0.39, 0.29) is 11.6 Å². The number of fused-ring (bicyclic) bond motifs is 1. The highest BCUT2D eigenvalue weighted by molar-refractivity contribution is 5.73. The van der Waals surface area contributed by atoms with E-state index in [0.717, 1.165) is 35.2 Å². The molecule has 0 bridgehead atoms. The molecule has 0 saturated carbocycles. The number of H-pyrrole nitrogens is 1. The highest BCUT2D eigenvalue weighted by Crippen LogP contribution is 2.27. The number of aromatic nitrogens is 4. The summed E-state index contributed by atoms with van der Waals surface area (Å²) in [5.41, 5.74) is 10.3. The van der Waals surface area contributed by atoms with E-state index in [1.54, 1.807) is 6.20 Å². The Kier molecular flexibility index (Phi) is 4.80. The Labute approximate surface area is 173 Å². The van der Waals surface area contributed by atoms with Crippen LogP contribution in [-0.4, -0.2) is 33.0 Å². The Morgan fingerprint density at radius 1 is 1.10 bits per heavy atom. The van der Waals surface area contributed by atoms with Gasteiger partial charge in [0.1, 0.15) is 11.2 Å². The van der Waals surface area contributed by atoms with Crippen molar-refractivity contribution in [2.45, 2.75) is 25.3 Å². The van der Waals surface area contributed by atoms with Gasteiger partial charge in [-0.1, -0.05) is 36.4 Å². The first-order valence-electron chi connectivity index (χ1n) is 10.2. The van der Waals surface area contributed by atoms with Crippen LogP contribution in [0.5, 0.6) is 0 Å². The molecule has 0 aliphatic carbocycles. The van der Waals surface area contributed by atoms with Crippen molar-refractivity contribution in [3.63, 3.8) is 0 Å². The maximum absolute atomic E-state index is 12.7. The van der Waals surface area contributed by atoms with Crippen molar-refractivity contribution in [2.24, 2.45) is 0 Å². The standard InChI is InChI=1S/C23H23N5O2/c24-17-7-5-15(6-8-17)19-4-2-1-3-16(19)13-21-26-22-20(23(29)27-21)14-25-28(22)18-9-11-30-12-10-18/h1-8,14,18H,9-13,24H2,(H,26,27,29). The molecule has 1 aliphatic rings. The number of nitrogens with one attached hydrogen (secondary N) is 1. The molecule has 1 fully saturated rings. The molecule has 152 valence electrons. The zero-order chi connectivity index (χ0) is 20.5. The Morgan fingerprint density at radius 3 is 2.67 bits per heavy atom. The van der Waals surface area contributed by atoms with Gasteiger partial charge in [-0.05, 0) is 41.7 Å². The first-order chi connectivity index (χ1) is 14.7. The van der Waals surface area contributed by atoms with Crippen LogP contribution in [0.4, 0.5) is 5.69 Å². The van der Waals surface area contributed by atoms with Gasteiger partial charge in [0.25, 0.3) is 5.56 Å². The van der Waals surface area contributed by atoms with Crippen LogP contribution in [0.2, 0.25) is 0 Å². The van der Waals surface area contributed by atoms with Gasteiger partial charge in [-0.25, -0.2) is 9.67 Å². The molecule has 7 nitrogen and oxygen atoms in total. The van der Waals surface area contributed by atoms with E-state index in [1.165, 1.54) is 0 Å². The van der Waals surface area contributed by atoms with Crippen molar-refractivity contribution < 1.29 is 4.74 Å². The highest BCUT2D eigenvalue weighted by atomic mass is 16.5. The molecule has 0 amide bonds. The molecule has 30 heavy (non-hydrogen) atoms. The van der Waals surface area contributed by atoms with Crippen molar-refractivity contribution in [3.05, 3.63) is 76.5 Å². The highest BCUT2D eigenvalue weighted by Gasteiger charge is 2.20. The summed E-state index contributed by atoms with van der Waals surface area (Å²) in [6.45, 7) is 1.41. The average molecular weight is 401 g/mol. The van der Waals surface area contributed by atoms with Crippen LogP contribution >= 0.6 is 0 Å². The van der Waals surface area contributed by atoms with Gasteiger partial charge in [0, 0.05) is 25.3 Å². The van der Waals surface area contributed by atoms with Crippen molar-refractivity contribution >= 4 is 16.7 Å². The molecular weight excluding hydrogens is 378 g/mol. The lowest BCUT2D eigenvalue weighted by atomic mass is 9.97. The number of rotatable bonds is 4. The monoisotopic (exact) mass is 401 g/mol. The molecule has 1 saturated heterocycles. The normalized spacial score (nSPS) is 14.9. The van der Waals surface area contributed by atoms with E-state index in [1.807, 2.05) is 41.1 Å². The lowest BCUT2D eigenvalue weighted by Crippen LogP contribution is -2.21. The summed E-state index contributed by atoms with van der Waals surface area (Å²) >= 11 is 0. The van der Waals surface area contributed by atoms with Gasteiger partial charge in [-0.3, -0.25) is 4.79 Å². The van der Waals surface area contributed by atoms with Crippen LogP contribution in [0, 0.1) is 0 Å². The molecule has 7 heteroatoms. The maximum Gasteiger partial charge on any atom is 0.262 e. The van der Waals surface area contributed by atoms with Crippen LogP contribution in [0.3, 0.4) is 0 Å². The zero-order valence-electron chi connectivity index (χ0n) is 16.5. The second-order valence-corrected chi connectivity index (χ2v) is 7.64. The van der Waals surface area contributed by atoms with Crippen LogP contribution in [0.1, 0.15) is 30.3 Å². The minimum atomic E-state index is -0.154. The van der Waals surface area contributed by atoms with Crippen molar-refractivity contribution in [1.82, 2.24) is 19.7 Å². The fourth-order valence-corrected chi connectivity index (χ4v) is 4.06. The summed E-state index contributed by atoms with van der Waals surface area (Å²) in [5.74, 6) is 0.629. The topological polar surface area (TPSA) is 98.8 Å². The van der Waals surface area contributed by atoms with Crippen molar-refractivity contribution in [1.29, 1.82) is 0 Å². The predicted octanol–water partition coefficient (Wildman–Crippen LogP) is 3.31. The van der Waals surface area contributed by atoms with Gasteiger partial charge in [-0.15, -0.1) is 0 Å².